The number of aromatic nitrogens is 4. The van der Waals surface area contributed by atoms with Gasteiger partial charge in [-0.2, -0.15) is 0 Å². The maximum Gasteiger partial charge on any atom is 0.145 e. The number of fused-ring (bicyclic) bond motifs is 2. The molecule has 0 radical (unpaired) electrons. The second-order valence-electron chi connectivity index (χ2n) is 9.14. The van der Waals surface area contributed by atoms with E-state index in [2.05, 4.69) is 42.3 Å². The summed E-state index contributed by atoms with van der Waals surface area (Å²) in [5, 5.41) is 27.9. The van der Waals surface area contributed by atoms with E-state index in [1.807, 2.05) is 35.0 Å². The first-order valence-corrected chi connectivity index (χ1v) is 12.0. The first kappa shape index (κ1) is 21.2. The molecule has 4 aromatic rings. The number of nitrogen functional groups attached to an aromatic ring is 1. The molecule has 2 aliphatic rings. The van der Waals surface area contributed by atoms with Crippen LogP contribution in [-0.2, 0) is 0 Å². The summed E-state index contributed by atoms with van der Waals surface area (Å²) in [4.78, 5) is 12.9. The zero-order valence-corrected chi connectivity index (χ0v) is 19.8. The average Bonchev–Trinajstić information content (AvgIpc) is 3.48. The molecule has 0 unspecified atom stereocenters. The number of nitrogens with two attached hydrogens (primary N) is 1. The van der Waals surface area contributed by atoms with E-state index in [1.165, 1.54) is 6.33 Å². The third-order valence-electron chi connectivity index (χ3n) is 7.31. The number of pyridine rings is 1. The summed E-state index contributed by atoms with van der Waals surface area (Å²) >= 11 is 9.63. The molecule has 8 nitrogen and oxygen atoms in total. The smallest absolute Gasteiger partial charge is 0.145 e. The van der Waals surface area contributed by atoms with Gasteiger partial charge in [0.15, 0.2) is 0 Å². The molecule has 5 atom stereocenters. The van der Waals surface area contributed by atoms with E-state index in [0.717, 1.165) is 26.3 Å². The molecule has 0 bridgehead atoms. The van der Waals surface area contributed by atoms with E-state index >= 15 is 0 Å². The quantitative estimate of drug-likeness (QED) is 0.294. The monoisotopic (exact) mass is 528 g/mol. The maximum atomic E-state index is 11.2. The Balaban J connectivity index is 1.30. The molecule has 10 heteroatoms. The Bertz CT molecular complexity index is 1400. The lowest BCUT2D eigenvalue weighted by Crippen LogP contribution is -2.38. The van der Waals surface area contributed by atoms with Gasteiger partial charge < -0.3 is 25.8 Å². The van der Waals surface area contributed by atoms with E-state index in [0.29, 0.717) is 36.0 Å². The number of aliphatic hydroxyl groups is 2. The molecular formula is C23H22BrClN6O2. The molecule has 1 spiro atoms. The van der Waals surface area contributed by atoms with E-state index in [4.69, 9.17) is 17.3 Å². The molecule has 1 aromatic carbocycles. The van der Waals surface area contributed by atoms with Crippen LogP contribution < -0.4 is 11.1 Å². The highest BCUT2D eigenvalue weighted by atomic mass is 79.9. The number of nitrogens with zero attached hydrogens (tertiary/aromatic N) is 4. The molecule has 0 amide bonds. The zero-order valence-electron chi connectivity index (χ0n) is 17.5. The highest BCUT2D eigenvalue weighted by molar-refractivity contribution is 9.10. The van der Waals surface area contributed by atoms with E-state index < -0.39 is 17.6 Å². The van der Waals surface area contributed by atoms with Crippen LogP contribution in [0.5, 0.6) is 0 Å². The Hall–Kier alpha value is -2.30. The summed E-state index contributed by atoms with van der Waals surface area (Å²) in [5.41, 5.74) is 8.10. The predicted octanol–water partition coefficient (Wildman–Crippen LogP) is 3.37. The molecular weight excluding hydrogens is 508 g/mol. The second-order valence-corrected chi connectivity index (χ2v) is 10.4. The lowest BCUT2D eigenvalue weighted by molar-refractivity contribution is -0.0218. The maximum absolute atomic E-state index is 11.2. The lowest BCUT2D eigenvalue weighted by Gasteiger charge is -2.27. The van der Waals surface area contributed by atoms with Crippen molar-refractivity contribution in [3.05, 3.63) is 58.0 Å². The molecule has 1 aliphatic heterocycles. The SMILES string of the molecule is Nc1nc2cc([C@@H]3C[C@@]4(CN3)C[C@@H](n3ccc5c(Cl)ncnc53)[C@H](O)[C@@H]4O)ccc2cc1Br. The van der Waals surface area contributed by atoms with Gasteiger partial charge in [0.1, 0.15) is 29.0 Å². The fraction of sp³-hybridized carbons (Fsp3) is 0.348. The van der Waals surface area contributed by atoms with Crippen LogP contribution in [-0.4, -0.2) is 48.5 Å². The van der Waals surface area contributed by atoms with Gasteiger partial charge in [-0.15, -0.1) is 0 Å². The van der Waals surface area contributed by atoms with Crippen molar-refractivity contribution < 1.29 is 10.2 Å². The summed E-state index contributed by atoms with van der Waals surface area (Å²) in [6.07, 6.45) is 2.83. The van der Waals surface area contributed by atoms with Crippen LogP contribution in [0.2, 0.25) is 5.15 Å². The first-order valence-electron chi connectivity index (χ1n) is 10.8. The van der Waals surface area contributed by atoms with Crippen LogP contribution in [0.15, 0.2) is 47.3 Å². The van der Waals surface area contributed by atoms with Gasteiger partial charge in [-0.25, -0.2) is 15.0 Å². The van der Waals surface area contributed by atoms with Crippen molar-refractivity contribution in [3.8, 4) is 0 Å². The molecule has 4 heterocycles. The molecule has 3 aromatic heterocycles. The molecule has 6 rings (SSSR count). The number of rotatable bonds is 2. The van der Waals surface area contributed by atoms with Crippen molar-refractivity contribution >= 4 is 55.3 Å². The number of hydrogen-bond acceptors (Lipinski definition) is 7. The van der Waals surface area contributed by atoms with Gasteiger partial charge >= 0.3 is 0 Å². The van der Waals surface area contributed by atoms with Gasteiger partial charge in [0.25, 0.3) is 0 Å². The highest BCUT2D eigenvalue weighted by Gasteiger charge is 2.56. The fourth-order valence-corrected chi connectivity index (χ4v) is 6.11. The normalized spacial score (nSPS) is 29.6. The van der Waals surface area contributed by atoms with Crippen LogP contribution in [0.25, 0.3) is 21.9 Å². The Morgan fingerprint density at radius 2 is 2.03 bits per heavy atom. The van der Waals surface area contributed by atoms with Gasteiger partial charge in [-0.3, -0.25) is 0 Å². The Morgan fingerprint density at radius 3 is 2.88 bits per heavy atom. The third-order valence-corrected chi connectivity index (χ3v) is 8.25. The molecule has 170 valence electrons. The van der Waals surface area contributed by atoms with Crippen LogP contribution >= 0.6 is 27.5 Å². The van der Waals surface area contributed by atoms with Crippen molar-refractivity contribution in [1.82, 2.24) is 24.8 Å². The van der Waals surface area contributed by atoms with E-state index in [-0.39, 0.29) is 12.1 Å². The van der Waals surface area contributed by atoms with Crippen molar-refractivity contribution in [3.63, 3.8) is 0 Å². The van der Waals surface area contributed by atoms with E-state index in [1.54, 1.807) is 0 Å². The summed E-state index contributed by atoms with van der Waals surface area (Å²) in [7, 11) is 0. The minimum absolute atomic E-state index is 0.0415. The predicted molar refractivity (Wildman–Crippen MR) is 130 cm³/mol. The largest absolute Gasteiger partial charge is 0.390 e. The Morgan fingerprint density at radius 1 is 1.18 bits per heavy atom. The third kappa shape index (κ3) is 3.25. The fourth-order valence-electron chi connectivity index (χ4n) is 5.59. The van der Waals surface area contributed by atoms with Crippen LogP contribution in [0.4, 0.5) is 5.82 Å². The van der Waals surface area contributed by atoms with Gasteiger partial charge in [-0.1, -0.05) is 23.7 Å². The van der Waals surface area contributed by atoms with Gasteiger partial charge in [-0.05, 0) is 52.5 Å². The number of benzene rings is 1. The van der Waals surface area contributed by atoms with Crippen molar-refractivity contribution in [2.24, 2.45) is 5.41 Å². The number of aliphatic hydroxyl groups excluding tert-OH is 2. The minimum atomic E-state index is -0.912. The number of nitrogens with one attached hydrogen (secondary N) is 1. The summed E-state index contributed by atoms with van der Waals surface area (Å²) in [6.45, 7) is 0.606. The molecule has 1 aliphatic carbocycles. The zero-order chi connectivity index (χ0) is 22.9. The molecule has 1 saturated carbocycles. The molecule has 5 N–H and O–H groups in total. The lowest BCUT2D eigenvalue weighted by atomic mass is 9.80. The van der Waals surface area contributed by atoms with Crippen molar-refractivity contribution in [2.45, 2.75) is 37.1 Å². The molecule has 1 saturated heterocycles. The van der Waals surface area contributed by atoms with E-state index in [9.17, 15) is 10.2 Å². The first-order chi connectivity index (χ1) is 15.9. The number of hydrogen-bond donors (Lipinski definition) is 4. The minimum Gasteiger partial charge on any atom is -0.390 e. The van der Waals surface area contributed by atoms with Gasteiger partial charge in [0.2, 0.25) is 0 Å². The standard InChI is InChI=1S/C23H22BrClN6O2/c24-14-5-11-1-2-12(6-15(11)30-21(14)26)16-7-23(9-27-16)8-17(18(32)19(23)33)31-4-3-13-20(25)28-10-29-22(13)31/h1-6,10,16-19,27,32-33H,7-9H2,(H2,26,30)/t16-,17+,18-,19-,23-/m0/s1. The van der Waals surface area contributed by atoms with Crippen LogP contribution in [0.3, 0.4) is 0 Å². The number of anilines is 1. The number of halogens is 2. The van der Waals surface area contributed by atoms with Gasteiger partial charge in [0, 0.05) is 29.6 Å². The highest BCUT2D eigenvalue weighted by Crippen LogP contribution is 2.52. The summed E-state index contributed by atoms with van der Waals surface area (Å²) < 4.78 is 2.69. The molecule has 2 fully saturated rings. The topological polar surface area (TPSA) is 122 Å². The van der Waals surface area contributed by atoms with Crippen LogP contribution in [0.1, 0.15) is 30.5 Å². The average molecular weight is 530 g/mol. The summed E-state index contributed by atoms with van der Waals surface area (Å²) in [6, 6.07) is 9.71. The Kier molecular flexibility index (Phi) is 4.90. The van der Waals surface area contributed by atoms with Crippen molar-refractivity contribution in [2.75, 3.05) is 12.3 Å². The summed E-state index contributed by atoms with van der Waals surface area (Å²) in [5.74, 6) is 0.454. The second kappa shape index (κ2) is 7.61. The molecule has 33 heavy (non-hydrogen) atoms. The Labute approximate surface area is 202 Å². The van der Waals surface area contributed by atoms with Gasteiger partial charge in [0.05, 0.1) is 27.5 Å². The van der Waals surface area contributed by atoms with Crippen LogP contribution in [0, 0.1) is 5.41 Å². The van der Waals surface area contributed by atoms with Crippen molar-refractivity contribution in [1.29, 1.82) is 0 Å².